The summed E-state index contributed by atoms with van der Waals surface area (Å²) in [5, 5.41) is 19.7. The lowest BCUT2D eigenvalue weighted by atomic mass is 9.68. The summed E-state index contributed by atoms with van der Waals surface area (Å²) in [6, 6.07) is 12.6. The zero-order chi connectivity index (χ0) is 37.8. The van der Waals surface area contributed by atoms with Gasteiger partial charge in [0, 0.05) is 0 Å². The fourth-order valence-electron chi connectivity index (χ4n) is 8.10. The normalized spacial score (nSPS) is 19.9. The van der Waals surface area contributed by atoms with E-state index in [2.05, 4.69) is 38.1 Å². The number of ether oxygens (including phenoxy) is 4. The maximum absolute atomic E-state index is 12.1. The Kier molecular flexibility index (Phi) is 12.3. The Morgan fingerprint density at radius 2 is 1.13 bits per heavy atom. The van der Waals surface area contributed by atoms with Crippen molar-refractivity contribution in [2.24, 2.45) is 5.41 Å². The first-order chi connectivity index (χ1) is 24.4. The van der Waals surface area contributed by atoms with Gasteiger partial charge in [-0.3, -0.25) is 0 Å². The van der Waals surface area contributed by atoms with Gasteiger partial charge in [0.05, 0.1) is 24.4 Å². The summed E-state index contributed by atoms with van der Waals surface area (Å²) < 4.78 is 23.4. The number of benzene rings is 2. The molecule has 8 heteroatoms. The maximum atomic E-state index is 12.1. The van der Waals surface area contributed by atoms with Crippen molar-refractivity contribution in [2.45, 2.75) is 149 Å². The molecule has 0 saturated carbocycles. The lowest BCUT2D eigenvalue weighted by Crippen LogP contribution is -2.37. The van der Waals surface area contributed by atoms with Crippen molar-refractivity contribution >= 4 is 23.1 Å². The number of aryl methyl sites for hydroxylation is 2. The lowest BCUT2D eigenvalue weighted by Gasteiger charge is -2.39. The molecule has 8 nitrogen and oxygen atoms in total. The summed E-state index contributed by atoms with van der Waals surface area (Å²) in [4.78, 5) is 24.0. The summed E-state index contributed by atoms with van der Waals surface area (Å²) in [6.07, 6.45) is 8.90. The molecular weight excluding hydrogens is 656 g/mol. The second-order valence-corrected chi connectivity index (χ2v) is 17.3. The minimum Gasteiger partial charge on any atom is -0.493 e. The van der Waals surface area contributed by atoms with Gasteiger partial charge in [-0.25, -0.2) is 9.59 Å². The van der Waals surface area contributed by atoms with Crippen molar-refractivity contribution in [2.75, 3.05) is 13.2 Å². The van der Waals surface area contributed by atoms with Gasteiger partial charge >= 0.3 is 11.9 Å². The fraction of sp³-hybridized carbons (Fsp3) is 0.591. The van der Waals surface area contributed by atoms with Crippen molar-refractivity contribution in [3.8, 4) is 11.5 Å². The molecule has 2 heterocycles. The van der Waals surface area contributed by atoms with Gasteiger partial charge in [0.2, 0.25) is 0 Å². The molecule has 6 rings (SSSR count). The first kappa shape index (κ1) is 39.6. The van der Waals surface area contributed by atoms with Gasteiger partial charge in [0.15, 0.2) is 12.2 Å². The van der Waals surface area contributed by atoms with Crippen LogP contribution in [-0.4, -0.2) is 58.8 Å². The highest BCUT2D eigenvalue weighted by Gasteiger charge is 2.38. The van der Waals surface area contributed by atoms with E-state index in [0.717, 1.165) is 129 Å². The highest BCUT2D eigenvalue weighted by atomic mass is 16.5. The zero-order valence-electron chi connectivity index (χ0n) is 32.7. The van der Waals surface area contributed by atoms with E-state index in [1.54, 1.807) is 0 Å². The molecule has 2 aliphatic heterocycles. The van der Waals surface area contributed by atoms with Crippen LogP contribution in [-0.2, 0) is 31.9 Å². The highest BCUT2D eigenvalue weighted by molar-refractivity contribution is 5.85. The average Bonchev–Trinajstić information content (AvgIpc) is 3.08. The fourth-order valence-corrected chi connectivity index (χ4v) is 8.10. The molecule has 52 heavy (non-hydrogen) atoms. The van der Waals surface area contributed by atoms with Crippen LogP contribution < -0.4 is 9.47 Å². The van der Waals surface area contributed by atoms with Crippen LogP contribution in [0.15, 0.2) is 47.5 Å². The summed E-state index contributed by atoms with van der Waals surface area (Å²) >= 11 is 0. The Balaban J connectivity index is 0.000000202. The smallest absolute Gasteiger partial charge is 0.337 e. The Hall–Kier alpha value is -3.62. The summed E-state index contributed by atoms with van der Waals surface area (Å²) in [5.74, 6) is 0.122. The van der Waals surface area contributed by atoms with Gasteiger partial charge in [-0.15, -0.1) is 0 Å². The van der Waals surface area contributed by atoms with Crippen molar-refractivity contribution < 1.29 is 38.7 Å². The van der Waals surface area contributed by atoms with Crippen LogP contribution in [0, 0.1) is 5.41 Å². The molecule has 2 N–H and O–H groups in total. The van der Waals surface area contributed by atoms with E-state index in [-0.39, 0.29) is 5.41 Å². The van der Waals surface area contributed by atoms with Crippen LogP contribution in [0.25, 0.3) is 11.1 Å². The minimum absolute atomic E-state index is 0.0910. The first-order valence-corrected chi connectivity index (χ1v) is 19.2. The third-order valence-electron chi connectivity index (χ3n) is 10.2. The van der Waals surface area contributed by atoms with Gasteiger partial charge in [-0.05, 0) is 186 Å². The van der Waals surface area contributed by atoms with E-state index < -0.39 is 35.3 Å². The van der Waals surface area contributed by atoms with Crippen LogP contribution in [0.5, 0.6) is 11.5 Å². The van der Waals surface area contributed by atoms with Crippen molar-refractivity contribution in [1.82, 2.24) is 0 Å². The van der Waals surface area contributed by atoms with E-state index in [4.69, 9.17) is 18.9 Å². The molecule has 284 valence electrons. The Bertz CT molecular complexity index is 1680. The molecule has 0 fully saturated rings. The zero-order valence-corrected chi connectivity index (χ0v) is 32.7. The molecule has 0 spiro atoms. The molecule has 0 radical (unpaired) electrons. The van der Waals surface area contributed by atoms with Crippen LogP contribution in [0.2, 0.25) is 0 Å². The Labute approximate surface area is 310 Å². The predicted molar refractivity (Wildman–Crippen MR) is 205 cm³/mol. The van der Waals surface area contributed by atoms with Gasteiger partial charge < -0.3 is 29.2 Å². The number of aliphatic carboxylic acids is 2. The molecule has 0 amide bonds. The molecule has 2 aromatic carbocycles. The summed E-state index contributed by atoms with van der Waals surface area (Å²) in [7, 11) is 0. The largest absolute Gasteiger partial charge is 0.493 e. The SMILES string of the molecule is CC(C)(C)OC(C(=O)O)C1=C(c2ccc3c(c2)CCCO3)C(C)(C)CCC1.CC(C)(C)OC(C(=O)O)C1=C(c2ccc3c(c2)CCCO3)CCCC1. The summed E-state index contributed by atoms with van der Waals surface area (Å²) in [5.41, 5.74) is 7.72. The van der Waals surface area contributed by atoms with Crippen molar-refractivity contribution in [3.05, 3.63) is 69.8 Å². The van der Waals surface area contributed by atoms with Crippen LogP contribution in [0.1, 0.15) is 135 Å². The topological polar surface area (TPSA) is 112 Å². The van der Waals surface area contributed by atoms with E-state index in [1.807, 2.05) is 53.7 Å². The minimum atomic E-state index is -0.910. The maximum Gasteiger partial charge on any atom is 0.337 e. The van der Waals surface area contributed by atoms with Crippen LogP contribution in [0.4, 0.5) is 0 Å². The first-order valence-electron chi connectivity index (χ1n) is 19.2. The number of carbonyl (C=O) groups is 2. The average molecular weight is 717 g/mol. The Morgan fingerprint density at radius 3 is 1.67 bits per heavy atom. The number of carboxylic acids is 2. The molecule has 2 atom stereocenters. The molecule has 2 unspecified atom stereocenters. The molecule has 2 aliphatic carbocycles. The van der Waals surface area contributed by atoms with Gasteiger partial charge in [-0.1, -0.05) is 26.0 Å². The Morgan fingerprint density at radius 1 is 0.654 bits per heavy atom. The molecule has 2 aromatic rings. The number of allylic oxidation sites excluding steroid dienone is 2. The van der Waals surface area contributed by atoms with Crippen molar-refractivity contribution in [3.63, 3.8) is 0 Å². The van der Waals surface area contributed by atoms with Crippen LogP contribution in [0.3, 0.4) is 0 Å². The molecular formula is C44H60O8. The number of rotatable bonds is 8. The number of hydrogen-bond acceptors (Lipinski definition) is 6. The lowest BCUT2D eigenvalue weighted by molar-refractivity contribution is -0.156. The second kappa shape index (κ2) is 16.2. The number of hydrogen-bond donors (Lipinski definition) is 2. The van der Waals surface area contributed by atoms with Crippen molar-refractivity contribution in [1.29, 1.82) is 0 Å². The highest BCUT2D eigenvalue weighted by Crippen LogP contribution is 2.48. The molecule has 0 saturated heterocycles. The van der Waals surface area contributed by atoms with E-state index in [0.29, 0.717) is 0 Å². The second-order valence-electron chi connectivity index (χ2n) is 17.3. The van der Waals surface area contributed by atoms with E-state index >= 15 is 0 Å². The quantitative estimate of drug-likeness (QED) is 0.278. The molecule has 0 aromatic heterocycles. The summed E-state index contributed by atoms with van der Waals surface area (Å²) in [6.45, 7) is 17.4. The third-order valence-corrected chi connectivity index (χ3v) is 10.2. The predicted octanol–water partition coefficient (Wildman–Crippen LogP) is 9.85. The van der Waals surface area contributed by atoms with Gasteiger partial charge in [0.1, 0.15) is 11.5 Å². The monoisotopic (exact) mass is 716 g/mol. The van der Waals surface area contributed by atoms with E-state index in [1.165, 1.54) is 11.1 Å². The number of carboxylic acid groups (broad SMARTS) is 2. The third kappa shape index (κ3) is 9.87. The molecule has 0 bridgehead atoms. The number of fused-ring (bicyclic) bond motifs is 2. The van der Waals surface area contributed by atoms with Gasteiger partial charge in [-0.2, -0.15) is 0 Å². The standard InChI is InChI=1S/C23H32O4.C21H28O4/c1-22(2,3)27-20(21(24)25)17-9-6-12-23(4,5)19(17)16-10-11-18-15(14-16)8-7-13-26-18;1-21(2,3)25-19(20(22)23)17-9-5-4-8-16(17)14-10-11-18-15(13-14)7-6-12-24-18/h10-11,14,20H,6-9,12-13H2,1-5H3,(H,24,25);10-11,13,19H,4-9,12H2,1-3H3,(H,22,23). The molecule has 4 aliphatic rings. The van der Waals surface area contributed by atoms with E-state index in [9.17, 15) is 19.8 Å². The van der Waals surface area contributed by atoms with Crippen LogP contribution >= 0.6 is 0 Å². The van der Waals surface area contributed by atoms with Gasteiger partial charge in [0.25, 0.3) is 0 Å².